The molecule has 1 saturated carbocycles. The molecular weight excluding hydrogens is 438 g/mol. The molecule has 1 aliphatic heterocycles. The smallest absolute Gasteiger partial charge is 0.252 e. The van der Waals surface area contributed by atoms with Crippen molar-refractivity contribution in [1.82, 2.24) is 15.6 Å². The molecule has 0 bridgehead atoms. The van der Waals surface area contributed by atoms with Crippen LogP contribution in [0.1, 0.15) is 46.5 Å². The lowest BCUT2D eigenvalue weighted by Crippen LogP contribution is -2.35. The third-order valence-corrected chi connectivity index (χ3v) is 6.76. The summed E-state index contributed by atoms with van der Waals surface area (Å²) in [6.07, 6.45) is 4.94. The van der Waals surface area contributed by atoms with E-state index in [-0.39, 0.29) is 5.91 Å². The van der Waals surface area contributed by atoms with E-state index in [0.29, 0.717) is 11.3 Å². The Morgan fingerprint density at radius 2 is 1.86 bits per heavy atom. The van der Waals surface area contributed by atoms with Crippen LogP contribution in [0.3, 0.4) is 0 Å². The molecule has 1 saturated heterocycles. The van der Waals surface area contributed by atoms with Gasteiger partial charge in [0.2, 0.25) is 0 Å². The van der Waals surface area contributed by atoms with Crippen molar-refractivity contribution < 1.29 is 13.9 Å². The molecule has 2 aromatic carbocycles. The number of ether oxygens (including phenoxy) is 1. The van der Waals surface area contributed by atoms with Crippen molar-refractivity contribution in [1.29, 1.82) is 0 Å². The monoisotopic (exact) mass is 469 g/mol. The molecule has 1 amide bonds. The van der Waals surface area contributed by atoms with Crippen molar-refractivity contribution in [2.75, 3.05) is 20.2 Å². The predicted molar refractivity (Wildman–Crippen MR) is 138 cm³/mol. The van der Waals surface area contributed by atoms with Gasteiger partial charge in [-0.15, -0.1) is 0 Å². The first-order chi connectivity index (χ1) is 17.0. The molecule has 4 aromatic rings. The summed E-state index contributed by atoms with van der Waals surface area (Å²) in [6.45, 7) is 6.37. The van der Waals surface area contributed by atoms with Crippen LogP contribution in [-0.4, -0.2) is 31.1 Å². The zero-order valence-electron chi connectivity index (χ0n) is 20.5. The van der Waals surface area contributed by atoms with Crippen LogP contribution in [0.15, 0.2) is 65.2 Å². The van der Waals surface area contributed by atoms with Crippen molar-refractivity contribution in [3.8, 4) is 17.1 Å². The van der Waals surface area contributed by atoms with Gasteiger partial charge in [-0.05, 0) is 99.8 Å². The summed E-state index contributed by atoms with van der Waals surface area (Å²) in [4.78, 5) is 17.8. The average molecular weight is 470 g/mol. The molecule has 2 aliphatic rings. The summed E-state index contributed by atoms with van der Waals surface area (Å²) in [5.41, 5.74) is 4.07. The van der Waals surface area contributed by atoms with E-state index in [1.807, 2.05) is 50.2 Å². The molecule has 0 atom stereocenters. The second-order valence-electron chi connectivity index (χ2n) is 9.32. The zero-order chi connectivity index (χ0) is 24.4. The van der Waals surface area contributed by atoms with Gasteiger partial charge in [-0.25, -0.2) is 0 Å². The van der Waals surface area contributed by atoms with E-state index in [0.717, 1.165) is 52.0 Å². The lowest BCUT2D eigenvalue weighted by Gasteiger charge is -2.21. The van der Waals surface area contributed by atoms with Crippen LogP contribution in [0.25, 0.3) is 22.2 Å². The molecule has 1 aliphatic carbocycles. The van der Waals surface area contributed by atoms with Crippen LogP contribution in [-0.2, 0) is 5.54 Å². The lowest BCUT2D eigenvalue weighted by molar-refractivity contribution is 0.0930. The molecule has 180 valence electrons. The maximum atomic E-state index is 13.3. The molecule has 6 rings (SSSR count). The molecular formula is C29H31N3O3. The first-order valence-corrected chi connectivity index (χ1v) is 12.1. The molecule has 0 radical (unpaired) electrons. The summed E-state index contributed by atoms with van der Waals surface area (Å²) in [5.74, 6) is 2.24. The number of pyridine rings is 1. The lowest BCUT2D eigenvalue weighted by atomic mass is 9.95. The van der Waals surface area contributed by atoms with Gasteiger partial charge >= 0.3 is 0 Å². The Kier molecular flexibility index (Phi) is 6.31. The molecule has 3 heterocycles. The molecule has 6 nitrogen and oxygen atoms in total. The first-order valence-electron chi connectivity index (χ1n) is 12.1. The number of furan rings is 1. The fraction of sp³-hybridized carbons (Fsp3) is 0.310. The number of aromatic nitrogens is 1. The highest BCUT2D eigenvalue weighted by molar-refractivity contribution is 5.98. The van der Waals surface area contributed by atoms with Gasteiger partial charge in [0.25, 0.3) is 5.91 Å². The summed E-state index contributed by atoms with van der Waals surface area (Å²) in [5, 5.41) is 7.48. The number of carbonyl (C=O) groups excluding carboxylic acids is 1. The fourth-order valence-corrected chi connectivity index (χ4v) is 4.33. The van der Waals surface area contributed by atoms with Crippen molar-refractivity contribution in [3.05, 3.63) is 83.2 Å². The SMILES string of the molecule is C1CNC1.COc1ccc(C)c(C(=O)NC2(c3cc(-c4ccc(C)o4)cc4ncccc34)CC2)c1. The number of aryl methyl sites for hydroxylation is 2. The number of fused-ring (bicyclic) bond motifs is 1. The largest absolute Gasteiger partial charge is 0.497 e. The van der Waals surface area contributed by atoms with Crippen molar-refractivity contribution in [3.63, 3.8) is 0 Å². The molecule has 0 spiro atoms. The van der Waals surface area contributed by atoms with E-state index in [1.165, 1.54) is 19.5 Å². The Labute approximate surface area is 205 Å². The highest BCUT2D eigenvalue weighted by Gasteiger charge is 2.47. The minimum Gasteiger partial charge on any atom is -0.497 e. The highest BCUT2D eigenvalue weighted by atomic mass is 16.5. The number of rotatable bonds is 5. The number of methoxy groups -OCH3 is 1. The predicted octanol–water partition coefficient (Wildman–Crippen LogP) is 5.52. The molecule has 6 heteroatoms. The standard InChI is InChI=1S/C26H24N2O3.C3H7N/c1-16-6-8-19(30-3)15-21(16)25(29)28-26(10-11-26)22-13-18(24-9-7-17(2)31-24)14-23-20(22)5-4-12-27-23;1-2-4-3-1/h4-9,12-15H,10-11H2,1-3H3,(H,28,29);4H,1-3H2. The van der Waals surface area contributed by atoms with E-state index >= 15 is 0 Å². The van der Waals surface area contributed by atoms with Gasteiger partial charge in [0.15, 0.2) is 0 Å². The normalized spacial score (nSPS) is 15.5. The molecule has 0 unspecified atom stereocenters. The molecule has 2 N–H and O–H groups in total. The number of carbonyl (C=O) groups is 1. The maximum Gasteiger partial charge on any atom is 0.252 e. The Bertz CT molecular complexity index is 1360. The van der Waals surface area contributed by atoms with Gasteiger partial charge in [-0.1, -0.05) is 12.1 Å². The minimum atomic E-state index is -0.411. The quantitative estimate of drug-likeness (QED) is 0.403. The second kappa shape index (κ2) is 9.55. The Hall–Kier alpha value is -3.64. The number of hydrogen-bond donors (Lipinski definition) is 2. The highest BCUT2D eigenvalue weighted by Crippen LogP contribution is 2.49. The Morgan fingerprint density at radius 1 is 1.09 bits per heavy atom. The van der Waals surface area contributed by atoms with Crippen LogP contribution >= 0.6 is 0 Å². The fourth-order valence-electron chi connectivity index (χ4n) is 4.33. The maximum absolute atomic E-state index is 13.3. The van der Waals surface area contributed by atoms with Gasteiger partial charge < -0.3 is 19.8 Å². The zero-order valence-corrected chi connectivity index (χ0v) is 20.5. The van der Waals surface area contributed by atoms with E-state index in [1.54, 1.807) is 19.4 Å². The molecule has 35 heavy (non-hydrogen) atoms. The van der Waals surface area contributed by atoms with Crippen molar-refractivity contribution in [2.45, 2.75) is 38.6 Å². The van der Waals surface area contributed by atoms with Crippen LogP contribution in [0.2, 0.25) is 0 Å². The van der Waals surface area contributed by atoms with Crippen LogP contribution in [0.4, 0.5) is 0 Å². The third-order valence-electron chi connectivity index (χ3n) is 6.76. The first kappa shape index (κ1) is 23.1. The second-order valence-corrected chi connectivity index (χ2v) is 9.32. The average Bonchev–Trinajstić information content (AvgIpc) is 3.47. The summed E-state index contributed by atoms with van der Waals surface area (Å²) in [7, 11) is 1.61. The Balaban J connectivity index is 0.000000577. The number of amides is 1. The van der Waals surface area contributed by atoms with Gasteiger partial charge in [-0.2, -0.15) is 0 Å². The summed E-state index contributed by atoms with van der Waals surface area (Å²) >= 11 is 0. The number of nitrogens with one attached hydrogen (secondary N) is 2. The van der Waals surface area contributed by atoms with E-state index < -0.39 is 5.54 Å². The molecule has 2 aromatic heterocycles. The van der Waals surface area contributed by atoms with Crippen LogP contribution in [0.5, 0.6) is 5.75 Å². The third kappa shape index (κ3) is 4.80. The van der Waals surface area contributed by atoms with Gasteiger partial charge in [0, 0.05) is 22.7 Å². The van der Waals surface area contributed by atoms with Gasteiger partial charge in [-0.3, -0.25) is 9.78 Å². The number of benzene rings is 2. The van der Waals surface area contributed by atoms with Crippen LogP contribution in [0, 0.1) is 13.8 Å². The van der Waals surface area contributed by atoms with Gasteiger partial charge in [0.1, 0.15) is 17.3 Å². The van der Waals surface area contributed by atoms with Crippen molar-refractivity contribution >= 4 is 16.8 Å². The minimum absolute atomic E-state index is 0.0924. The van der Waals surface area contributed by atoms with Crippen LogP contribution < -0.4 is 15.4 Å². The van der Waals surface area contributed by atoms with Gasteiger partial charge in [0.05, 0.1) is 18.2 Å². The van der Waals surface area contributed by atoms with E-state index in [9.17, 15) is 4.79 Å². The van der Waals surface area contributed by atoms with E-state index in [2.05, 4.69) is 27.8 Å². The molecule has 2 fully saturated rings. The summed E-state index contributed by atoms with van der Waals surface area (Å²) in [6, 6.07) is 17.7. The van der Waals surface area contributed by atoms with Crippen molar-refractivity contribution in [2.24, 2.45) is 0 Å². The topological polar surface area (TPSA) is 76.4 Å². The van der Waals surface area contributed by atoms with E-state index in [4.69, 9.17) is 9.15 Å². The summed E-state index contributed by atoms with van der Waals surface area (Å²) < 4.78 is 11.2. The Morgan fingerprint density at radius 3 is 2.49 bits per heavy atom. The number of nitrogens with zero attached hydrogens (tertiary/aromatic N) is 1. The number of hydrogen-bond acceptors (Lipinski definition) is 5.